The summed E-state index contributed by atoms with van der Waals surface area (Å²) in [7, 11) is 0. The van der Waals surface area contributed by atoms with Crippen LogP contribution in [0.25, 0.3) is 0 Å². The molecule has 1 aliphatic heterocycles. The molecule has 0 unspecified atom stereocenters. The van der Waals surface area contributed by atoms with Gasteiger partial charge in [0.2, 0.25) is 0 Å². The molecule has 0 saturated carbocycles. The first-order valence-corrected chi connectivity index (χ1v) is 6.49. The van der Waals surface area contributed by atoms with Crippen molar-refractivity contribution in [3.8, 4) is 0 Å². The monoisotopic (exact) mass is 231 g/mol. The van der Waals surface area contributed by atoms with Crippen LogP contribution in [0.15, 0.2) is 52.2 Å². The Morgan fingerprint density at radius 3 is 2.07 bits per heavy atom. The predicted octanol–water partition coefficient (Wildman–Crippen LogP) is 3.69. The smallest absolute Gasteiger partial charge is 0.147 e. The van der Waals surface area contributed by atoms with Gasteiger partial charge in [-0.15, -0.1) is 22.7 Å². The van der Waals surface area contributed by atoms with E-state index in [9.17, 15) is 0 Å². The molecule has 0 saturated heterocycles. The maximum atomic E-state index is 4.64. The van der Waals surface area contributed by atoms with E-state index in [0.717, 1.165) is 0 Å². The maximum absolute atomic E-state index is 4.64. The van der Waals surface area contributed by atoms with Crippen LogP contribution in [0.3, 0.4) is 0 Å². The fraction of sp³-hybridized carbons (Fsp3) is 0.0833. The summed E-state index contributed by atoms with van der Waals surface area (Å²) in [5, 5.41) is 4.21. The molecule has 3 rings (SSSR count). The first-order valence-electron chi connectivity index (χ1n) is 4.73. The fourth-order valence-electron chi connectivity index (χ4n) is 1.79. The third-order valence-corrected chi connectivity index (χ3v) is 4.48. The number of thiophene rings is 2. The van der Waals surface area contributed by atoms with Crippen LogP contribution < -0.4 is 0 Å². The van der Waals surface area contributed by atoms with Crippen molar-refractivity contribution in [2.45, 2.75) is 5.54 Å². The van der Waals surface area contributed by atoms with E-state index in [2.05, 4.69) is 46.1 Å². The minimum absolute atomic E-state index is 0.234. The highest BCUT2D eigenvalue weighted by atomic mass is 32.1. The zero-order valence-corrected chi connectivity index (χ0v) is 9.59. The van der Waals surface area contributed by atoms with E-state index in [4.69, 9.17) is 0 Å². The van der Waals surface area contributed by atoms with Gasteiger partial charge in [-0.05, 0) is 35.0 Å². The molecule has 1 nitrogen and oxygen atoms in total. The van der Waals surface area contributed by atoms with Gasteiger partial charge in [-0.2, -0.15) is 0 Å². The second-order valence-corrected chi connectivity index (χ2v) is 5.25. The van der Waals surface area contributed by atoms with E-state index < -0.39 is 0 Å². The van der Waals surface area contributed by atoms with Crippen molar-refractivity contribution in [2.24, 2.45) is 4.99 Å². The summed E-state index contributed by atoms with van der Waals surface area (Å²) in [4.78, 5) is 7.21. The molecule has 2 aromatic heterocycles. The van der Waals surface area contributed by atoms with Crippen molar-refractivity contribution < 1.29 is 0 Å². The number of aliphatic imine (C=N–C) groups is 1. The molecule has 0 bridgehead atoms. The summed E-state index contributed by atoms with van der Waals surface area (Å²) >= 11 is 3.52. The molecule has 0 N–H and O–H groups in total. The Hall–Kier alpha value is -1.19. The SMILES string of the molecule is C1=CC(c2cccs2)(c2cccs2)N=C1. The topological polar surface area (TPSA) is 12.4 Å². The van der Waals surface area contributed by atoms with Crippen LogP contribution in [-0.2, 0) is 5.54 Å². The van der Waals surface area contributed by atoms with Crippen molar-refractivity contribution in [1.82, 2.24) is 0 Å². The molecule has 3 heterocycles. The van der Waals surface area contributed by atoms with Gasteiger partial charge < -0.3 is 0 Å². The molecular formula is C12H9NS2. The number of hydrogen-bond acceptors (Lipinski definition) is 3. The lowest BCUT2D eigenvalue weighted by Gasteiger charge is -2.21. The first kappa shape index (κ1) is 9.07. The zero-order valence-electron chi connectivity index (χ0n) is 7.96. The standard InChI is InChI=1S/C12H9NS2/c1-4-10(14-8-1)12(6-3-7-13-12)11-5-2-9-15-11/h1-9H. The van der Waals surface area contributed by atoms with Gasteiger partial charge in [-0.1, -0.05) is 12.1 Å². The lowest BCUT2D eigenvalue weighted by molar-refractivity contribution is 0.734. The maximum Gasteiger partial charge on any atom is 0.147 e. The minimum Gasteiger partial charge on any atom is -0.271 e. The Balaban J connectivity index is 2.20. The summed E-state index contributed by atoms with van der Waals surface area (Å²) in [5.74, 6) is 0. The molecule has 0 aliphatic carbocycles. The van der Waals surface area contributed by atoms with E-state index in [1.165, 1.54) is 9.75 Å². The molecule has 74 valence electrons. The van der Waals surface area contributed by atoms with Gasteiger partial charge in [-0.25, -0.2) is 0 Å². The molecule has 1 aliphatic rings. The molecule has 0 amide bonds. The van der Waals surface area contributed by atoms with Crippen molar-refractivity contribution in [2.75, 3.05) is 0 Å². The van der Waals surface area contributed by atoms with Crippen molar-refractivity contribution in [1.29, 1.82) is 0 Å². The van der Waals surface area contributed by atoms with Crippen molar-refractivity contribution in [3.63, 3.8) is 0 Å². The fourth-order valence-corrected chi connectivity index (χ4v) is 3.60. The highest BCUT2D eigenvalue weighted by molar-refractivity contribution is 7.11. The van der Waals surface area contributed by atoms with E-state index >= 15 is 0 Å². The van der Waals surface area contributed by atoms with Crippen LogP contribution >= 0.6 is 22.7 Å². The molecule has 0 aromatic carbocycles. The lowest BCUT2D eigenvalue weighted by Crippen LogP contribution is -2.17. The molecule has 0 spiro atoms. The molecule has 0 radical (unpaired) electrons. The van der Waals surface area contributed by atoms with Gasteiger partial charge in [0.1, 0.15) is 5.54 Å². The average Bonchev–Trinajstić information content (AvgIpc) is 3.02. The third-order valence-electron chi connectivity index (χ3n) is 2.50. The largest absolute Gasteiger partial charge is 0.271 e. The predicted molar refractivity (Wildman–Crippen MR) is 67.1 cm³/mol. The third kappa shape index (κ3) is 1.31. The molecular weight excluding hydrogens is 222 g/mol. The van der Waals surface area contributed by atoms with Crippen LogP contribution in [0.4, 0.5) is 0 Å². The number of nitrogens with zero attached hydrogens (tertiary/aromatic N) is 1. The number of rotatable bonds is 2. The Morgan fingerprint density at radius 1 is 1.00 bits per heavy atom. The van der Waals surface area contributed by atoms with Crippen LogP contribution in [-0.4, -0.2) is 6.21 Å². The van der Waals surface area contributed by atoms with Gasteiger partial charge in [0.25, 0.3) is 0 Å². The first-order chi connectivity index (χ1) is 7.42. The number of allylic oxidation sites excluding steroid dienone is 1. The summed E-state index contributed by atoms with van der Waals surface area (Å²) in [6.07, 6.45) is 6.09. The van der Waals surface area contributed by atoms with E-state index in [0.29, 0.717) is 0 Å². The Morgan fingerprint density at radius 2 is 1.67 bits per heavy atom. The summed E-state index contributed by atoms with van der Waals surface area (Å²) < 4.78 is 0. The van der Waals surface area contributed by atoms with Crippen LogP contribution in [0.1, 0.15) is 9.75 Å². The summed E-state index contributed by atoms with van der Waals surface area (Å²) in [6.45, 7) is 0. The second-order valence-electron chi connectivity index (χ2n) is 3.36. The van der Waals surface area contributed by atoms with Crippen LogP contribution in [0.5, 0.6) is 0 Å². The van der Waals surface area contributed by atoms with Gasteiger partial charge in [0.05, 0.1) is 0 Å². The summed E-state index contributed by atoms with van der Waals surface area (Å²) in [6, 6.07) is 8.46. The molecule has 0 atom stereocenters. The molecule has 15 heavy (non-hydrogen) atoms. The summed E-state index contributed by atoms with van der Waals surface area (Å²) in [5.41, 5.74) is -0.234. The molecule has 3 heteroatoms. The van der Waals surface area contributed by atoms with Gasteiger partial charge in [0.15, 0.2) is 0 Å². The highest BCUT2D eigenvalue weighted by Gasteiger charge is 2.34. The van der Waals surface area contributed by atoms with E-state index in [1.54, 1.807) is 22.7 Å². The second kappa shape index (κ2) is 3.43. The quantitative estimate of drug-likeness (QED) is 0.747. The van der Waals surface area contributed by atoms with Gasteiger partial charge in [0, 0.05) is 16.0 Å². The Kier molecular flexibility index (Phi) is 2.08. The average molecular weight is 231 g/mol. The number of hydrogen-bond donors (Lipinski definition) is 0. The normalized spacial score (nSPS) is 17.3. The Labute approximate surface area is 96.4 Å². The van der Waals surface area contributed by atoms with Crippen molar-refractivity contribution >= 4 is 28.9 Å². The van der Waals surface area contributed by atoms with Gasteiger partial charge >= 0.3 is 0 Å². The van der Waals surface area contributed by atoms with Crippen molar-refractivity contribution in [3.05, 3.63) is 56.9 Å². The van der Waals surface area contributed by atoms with Crippen LogP contribution in [0.2, 0.25) is 0 Å². The minimum atomic E-state index is -0.234. The highest BCUT2D eigenvalue weighted by Crippen LogP contribution is 2.41. The lowest BCUT2D eigenvalue weighted by atomic mass is 9.97. The zero-order chi connectivity index (χ0) is 10.1. The van der Waals surface area contributed by atoms with Crippen LogP contribution in [0, 0.1) is 0 Å². The van der Waals surface area contributed by atoms with Gasteiger partial charge in [-0.3, -0.25) is 4.99 Å². The van der Waals surface area contributed by atoms with E-state index in [1.807, 2.05) is 12.3 Å². The Bertz CT molecular complexity index is 443. The molecule has 0 fully saturated rings. The van der Waals surface area contributed by atoms with E-state index in [-0.39, 0.29) is 5.54 Å². The molecule has 2 aromatic rings.